The summed E-state index contributed by atoms with van der Waals surface area (Å²) in [4.78, 5) is 13.6. The zero-order valence-electron chi connectivity index (χ0n) is 9.28. The zero-order chi connectivity index (χ0) is 11.5. The Labute approximate surface area is 93.6 Å². The third-order valence-electron chi connectivity index (χ3n) is 2.71. The molecule has 1 amide bonds. The first-order chi connectivity index (χ1) is 7.76. The minimum atomic E-state index is -0.0154. The lowest BCUT2D eigenvalue weighted by Crippen LogP contribution is -2.15. The average molecular weight is 218 g/mol. The number of nitrogens with one attached hydrogen (secondary N) is 2. The molecule has 1 aromatic carbocycles. The van der Waals surface area contributed by atoms with Gasteiger partial charge < -0.3 is 15.0 Å². The van der Waals surface area contributed by atoms with Crippen molar-refractivity contribution in [1.29, 1.82) is 0 Å². The molecular formula is C12H14N2O2. The van der Waals surface area contributed by atoms with Gasteiger partial charge in [-0.05, 0) is 30.7 Å². The Balaban J connectivity index is 2.49. The van der Waals surface area contributed by atoms with Crippen LogP contribution in [-0.4, -0.2) is 18.5 Å². The van der Waals surface area contributed by atoms with Crippen molar-refractivity contribution in [3.63, 3.8) is 0 Å². The molecule has 1 unspecified atom stereocenters. The van der Waals surface area contributed by atoms with Gasteiger partial charge in [0, 0.05) is 17.1 Å². The fraction of sp³-hybridized carbons (Fsp3) is 0.250. The van der Waals surface area contributed by atoms with E-state index < -0.39 is 0 Å². The van der Waals surface area contributed by atoms with Gasteiger partial charge in [0.2, 0.25) is 6.41 Å². The smallest absolute Gasteiger partial charge is 0.207 e. The van der Waals surface area contributed by atoms with E-state index in [9.17, 15) is 4.79 Å². The molecule has 4 nitrogen and oxygen atoms in total. The topological polar surface area (TPSA) is 54.1 Å². The predicted octanol–water partition coefficient (Wildman–Crippen LogP) is 1.98. The third-order valence-corrected chi connectivity index (χ3v) is 2.71. The van der Waals surface area contributed by atoms with Crippen LogP contribution in [-0.2, 0) is 4.79 Å². The highest BCUT2D eigenvalue weighted by Gasteiger charge is 2.10. The number of ether oxygens (including phenoxy) is 1. The number of amides is 1. The Morgan fingerprint density at radius 2 is 2.31 bits per heavy atom. The summed E-state index contributed by atoms with van der Waals surface area (Å²) in [5.74, 6) is 0.812. The Morgan fingerprint density at radius 3 is 3.00 bits per heavy atom. The van der Waals surface area contributed by atoms with Gasteiger partial charge in [-0.25, -0.2) is 0 Å². The Hall–Kier alpha value is -1.97. The monoisotopic (exact) mass is 218 g/mol. The largest absolute Gasteiger partial charge is 0.497 e. The van der Waals surface area contributed by atoms with Crippen molar-refractivity contribution in [3.8, 4) is 5.75 Å². The number of carbonyl (C=O) groups is 1. The molecule has 1 heterocycles. The highest BCUT2D eigenvalue weighted by atomic mass is 16.5. The molecule has 84 valence electrons. The first-order valence-electron chi connectivity index (χ1n) is 5.11. The van der Waals surface area contributed by atoms with Crippen LogP contribution in [0.5, 0.6) is 5.75 Å². The van der Waals surface area contributed by atoms with Gasteiger partial charge in [0.1, 0.15) is 5.75 Å². The van der Waals surface area contributed by atoms with Crippen LogP contribution in [0.2, 0.25) is 0 Å². The zero-order valence-corrected chi connectivity index (χ0v) is 9.28. The maximum Gasteiger partial charge on any atom is 0.207 e. The van der Waals surface area contributed by atoms with Gasteiger partial charge in [0.15, 0.2) is 0 Å². The van der Waals surface area contributed by atoms with E-state index in [1.165, 1.54) is 0 Å². The Bertz CT molecular complexity index is 505. The van der Waals surface area contributed by atoms with Crippen LogP contribution >= 0.6 is 0 Å². The van der Waals surface area contributed by atoms with E-state index in [0.717, 1.165) is 22.2 Å². The molecule has 16 heavy (non-hydrogen) atoms. The lowest BCUT2D eigenvalue weighted by Gasteiger charge is -2.09. The van der Waals surface area contributed by atoms with Crippen molar-refractivity contribution in [2.24, 2.45) is 0 Å². The van der Waals surface area contributed by atoms with E-state index in [2.05, 4.69) is 10.3 Å². The first-order valence-corrected chi connectivity index (χ1v) is 5.11. The fourth-order valence-electron chi connectivity index (χ4n) is 1.80. The number of H-pyrrole nitrogens is 1. The molecule has 1 atom stereocenters. The lowest BCUT2D eigenvalue weighted by atomic mass is 10.1. The molecule has 0 fully saturated rings. The number of aromatic nitrogens is 1. The molecule has 2 N–H and O–H groups in total. The maximum absolute atomic E-state index is 10.4. The summed E-state index contributed by atoms with van der Waals surface area (Å²) in [6.45, 7) is 1.94. The van der Waals surface area contributed by atoms with Gasteiger partial charge in [-0.3, -0.25) is 4.79 Å². The fourth-order valence-corrected chi connectivity index (χ4v) is 1.80. The van der Waals surface area contributed by atoms with Gasteiger partial charge >= 0.3 is 0 Å². The normalized spacial score (nSPS) is 12.4. The van der Waals surface area contributed by atoms with Gasteiger partial charge in [0.05, 0.1) is 13.2 Å². The molecule has 0 aliphatic carbocycles. The summed E-state index contributed by atoms with van der Waals surface area (Å²) in [7, 11) is 1.64. The lowest BCUT2D eigenvalue weighted by molar-refractivity contribution is -0.110. The minimum absolute atomic E-state index is 0.0154. The summed E-state index contributed by atoms with van der Waals surface area (Å²) < 4.78 is 5.18. The number of carbonyl (C=O) groups excluding carboxylic acids is 1. The predicted molar refractivity (Wildman–Crippen MR) is 62.5 cm³/mol. The molecule has 0 saturated carbocycles. The van der Waals surface area contributed by atoms with E-state index in [1.54, 1.807) is 7.11 Å². The van der Waals surface area contributed by atoms with E-state index in [0.29, 0.717) is 6.41 Å². The highest BCUT2D eigenvalue weighted by Crippen LogP contribution is 2.27. The van der Waals surface area contributed by atoms with Crippen LogP contribution in [0.4, 0.5) is 0 Å². The second kappa shape index (κ2) is 4.26. The molecule has 0 aliphatic heterocycles. The molecule has 1 aromatic heterocycles. The molecule has 0 bridgehead atoms. The van der Waals surface area contributed by atoms with E-state index >= 15 is 0 Å². The number of benzene rings is 1. The highest BCUT2D eigenvalue weighted by molar-refractivity contribution is 5.85. The molecule has 0 aliphatic rings. The number of methoxy groups -OCH3 is 1. The van der Waals surface area contributed by atoms with Crippen molar-refractivity contribution in [1.82, 2.24) is 10.3 Å². The van der Waals surface area contributed by atoms with Gasteiger partial charge in [-0.15, -0.1) is 0 Å². The van der Waals surface area contributed by atoms with Crippen molar-refractivity contribution in [2.45, 2.75) is 13.0 Å². The van der Waals surface area contributed by atoms with Gasteiger partial charge in [-0.2, -0.15) is 0 Å². The van der Waals surface area contributed by atoms with Crippen molar-refractivity contribution in [3.05, 3.63) is 30.0 Å². The molecule has 0 radical (unpaired) electrons. The molecule has 2 rings (SSSR count). The molecular weight excluding hydrogens is 204 g/mol. The quantitative estimate of drug-likeness (QED) is 0.771. The number of hydrogen-bond acceptors (Lipinski definition) is 2. The molecule has 4 heteroatoms. The number of aromatic amines is 1. The van der Waals surface area contributed by atoms with Gasteiger partial charge in [-0.1, -0.05) is 0 Å². The van der Waals surface area contributed by atoms with Crippen LogP contribution < -0.4 is 10.1 Å². The minimum Gasteiger partial charge on any atom is -0.497 e. The van der Waals surface area contributed by atoms with Crippen LogP contribution in [0.1, 0.15) is 18.5 Å². The standard InChI is InChI=1S/C12H14N2O2/c1-8(14-7-15)11-6-13-12-4-3-9(16-2)5-10(11)12/h3-8,13H,1-2H3,(H,14,15). The van der Waals surface area contributed by atoms with Crippen molar-refractivity contribution < 1.29 is 9.53 Å². The average Bonchev–Trinajstić information content (AvgIpc) is 2.71. The molecule has 0 spiro atoms. The van der Waals surface area contributed by atoms with Crippen molar-refractivity contribution in [2.75, 3.05) is 7.11 Å². The molecule has 2 aromatic rings. The first kappa shape index (κ1) is 10.5. The van der Waals surface area contributed by atoms with Crippen LogP contribution in [0.15, 0.2) is 24.4 Å². The summed E-state index contributed by atoms with van der Waals surface area (Å²) in [6.07, 6.45) is 2.62. The van der Waals surface area contributed by atoms with Gasteiger partial charge in [0.25, 0.3) is 0 Å². The maximum atomic E-state index is 10.4. The van der Waals surface area contributed by atoms with Crippen molar-refractivity contribution >= 4 is 17.3 Å². The summed E-state index contributed by atoms with van der Waals surface area (Å²) in [5.41, 5.74) is 2.09. The van der Waals surface area contributed by atoms with Crippen LogP contribution in [0, 0.1) is 0 Å². The number of hydrogen-bond donors (Lipinski definition) is 2. The van der Waals surface area contributed by atoms with Crippen LogP contribution in [0.3, 0.4) is 0 Å². The molecule has 0 saturated heterocycles. The summed E-state index contributed by atoms with van der Waals surface area (Å²) in [6, 6.07) is 5.81. The second-order valence-corrected chi connectivity index (χ2v) is 3.66. The SMILES string of the molecule is COc1ccc2[nH]cc(C(C)NC=O)c2c1. The Morgan fingerprint density at radius 1 is 1.50 bits per heavy atom. The van der Waals surface area contributed by atoms with E-state index in [-0.39, 0.29) is 6.04 Å². The van der Waals surface area contributed by atoms with E-state index in [4.69, 9.17) is 4.74 Å². The Kier molecular flexibility index (Phi) is 2.81. The number of fused-ring (bicyclic) bond motifs is 1. The van der Waals surface area contributed by atoms with E-state index in [1.807, 2.05) is 31.3 Å². The second-order valence-electron chi connectivity index (χ2n) is 3.66. The summed E-state index contributed by atoms with van der Waals surface area (Å²) in [5, 5.41) is 3.81. The summed E-state index contributed by atoms with van der Waals surface area (Å²) >= 11 is 0. The third kappa shape index (κ3) is 1.74. The van der Waals surface area contributed by atoms with Crippen LogP contribution in [0.25, 0.3) is 10.9 Å². The number of rotatable bonds is 4.